The summed E-state index contributed by atoms with van der Waals surface area (Å²) in [5, 5.41) is 3.62. The highest BCUT2D eigenvalue weighted by Crippen LogP contribution is 2.25. The van der Waals surface area contributed by atoms with Crippen molar-refractivity contribution in [2.45, 2.75) is 12.8 Å². The summed E-state index contributed by atoms with van der Waals surface area (Å²) in [5.74, 6) is -2.79. The van der Waals surface area contributed by atoms with Crippen molar-refractivity contribution in [3.8, 4) is 0 Å². The van der Waals surface area contributed by atoms with Gasteiger partial charge in [-0.25, -0.2) is 0 Å². The molecule has 1 aromatic heterocycles. The highest BCUT2D eigenvalue weighted by atomic mass is 19.3. The predicted octanol–water partition coefficient (Wildman–Crippen LogP) is 1.53. The minimum atomic E-state index is -2.79. The number of nitrogens with zero attached hydrogens (tertiary/aromatic N) is 2. The third kappa shape index (κ3) is 1.15. The first kappa shape index (κ1) is 7.18. The van der Waals surface area contributed by atoms with Crippen LogP contribution in [0.3, 0.4) is 0 Å². The maximum absolute atomic E-state index is 12.5. The van der Waals surface area contributed by atoms with Crippen LogP contribution in [-0.2, 0) is 13.0 Å². The maximum atomic E-state index is 12.5. The predicted molar refractivity (Wildman–Crippen MR) is 32.8 cm³/mol. The molecule has 1 heterocycles. The Morgan fingerprint density at radius 3 is 2.40 bits per heavy atom. The second-order valence-electron chi connectivity index (χ2n) is 2.23. The Morgan fingerprint density at radius 2 is 2.20 bits per heavy atom. The van der Waals surface area contributed by atoms with E-state index in [1.807, 2.05) is 0 Å². The minimum absolute atomic E-state index is 0.0625. The molecule has 0 saturated carbocycles. The Morgan fingerprint density at radius 1 is 1.60 bits per heavy atom. The van der Waals surface area contributed by atoms with E-state index in [0.29, 0.717) is 0 Å². The molecule has 0 saturated heterocycles. The highest BCUT2D eigenvalue weighted by Gasteiger charge is 2.27. The third-order valence-electron chi connectivity index (χ3n) is 1.27. The molecule has 2 nitrogen and oxygen atoms in total. The van der Waals surface area contributed by atoms with Gasteiger partial charge in [0.25, 0.3) is 5.92 Å². The Hall–Kier alpha value is -0.930. The zero-order chi connectivity index (χ0) is 7.78. The summed E-state index contributed by atoms with van der Waals surface area (Å²) >= 11 is 0. The van der Waals surface area contributed by atoms with E-state index >= 15 is 0 Å². The van der Waals surface area contributed by atoms with Gasteiger partial charge in [-0.15, -0.1) is 0 Å². The summed E-state index contributed by atoms with van der Waals surface area (Å²) in [4.78, 5) is 0. The molecule has 0 radical (unpaired) electrons. The van der Waals surface area contributed by atoms with Crippen LogP contribution in [0.5, 0.6) is 0 Å². The van der Waals surface area contributed by atoms with E-state index in [-0.39, 0.29) is 5.69 Å². The number of aromatic nitrogens is 2. The molecule has 0 unspecified atom stereocenters. The first-order valence-corrected chi connectivity index (χ1v) is 2.88. The Kier molecular flexibility index (Phi) is 1.46. The van der Waals surface area contributed by atoms with Crippen molar-refractivity contribution in [1.29, 1.82) is 0 Å². The summed E-state index contributed by atoms with van der Waals surface area (Å²) in [5.41, 5.74) is -0.0625. The van der Waals surface area contributed by atoms with Crippen LogP contribution in [0.1, 0.15) is 12.6 Å². The first-order valence-electron chi connectivity index (χ1n) is 2.88. The first-order chi connectivity index (χ1) is 4.52. The van der Waals surface area contributed by atoms with Crippen molar-refractivity contribution in [2.24, 2.45) is 7.05 Å². The van der Waals surface area contributed by atoms with Gasteiger partial charge in [0.1, 0.15) is 5.69 Å². The number of hydrogen-bond acceptors (Lipinski definition) is 1. The zero-order valence-corrected chi connectivity index (χ0v) is 5.81. The van der Waals surface area contributed by atoms with Gasteiger partial charge in [-0.1, -0.05) is 0 Å². The number of hydrogen-bond donors (Lipinski definition) is 0. The summed E-state index contributed by atoms with van der Waals surface area (Å²) in [7, 11) is 1.49. The summed E-state index contributed by atoms with van der Waals surface area (Å²) < 4.78 is 26.1. The maximum Gasteiger partial charge on any atom is 0.286 e. The lowest BCUT2D eigenvalue weighted by Crippen LogP contribution is -2.12. The molecule has 1 aromatic rings. The van der Waals surface area contributed by atoms with Gasteiger partial charge in [-0.05, 0) is 6.07 Å². The summed E-state index contributed by atoms with van der Waals surface area (Å²) in [6.45, 7) is 0.851. The van der Waals surface area contributed by atoms with E-state index in [2.05, 4.69) is 5.10 Å². The molecule has 0 spiro atoms. The molecule has 0 aliphatic heterocycles. The van der Waals surface area contributed by atoms with Crippen molar-refractivity contribution in [3.05, 3.63) is 18.0 Å². The highest BCUT2D eigenvalue weighted by molar-refractivity contribution is 5.05. The average Bonchev–Trinajstić information content (AvgIpc) is 2.11. The lowest BCUT2D eigenvalue weighted by Gasteiger charge is -2.08. The number of rotatable bonds is 1. The van der Waals surface area contributed by atoms with E-state index < -0.39 is 5.92 Å². The van der Waals surface area contributed by atoms with Crippen LogP contribution >= 0.6 is 0 Å². The van der Waals surface area contributed by atoms with Crippen molar-refractivity contribution in [2.75, 3.05) is 0 Å². The van der Waals surface area contributed by atoms with Crippen LogP contribution in [0.4, 0.5) is 8.78 Å². The topological polar surface area (TPSA) is 17.8 Å². The van der Waals surface area contributed by atoms with Crippen LogP contribution in [-0.4, -0.2) is 9.78 Å². The van der Waals surface area contributed by atoms with Crippen molar-refractivity contribution in [3.63, 3.8) is 0 Å². The molecule has 0 fully saturated rings. The summed E-state index contributed by atoms with van der Waals surface area (Å²) in [6, 6.07) is 1.31. The van der Waals surface area contributed by atoms with Gasteiger partial charge >= 0.3 is 0 Å². The second-order valence-corrected chi connectivity index (χ2v) is 2.23. The molecule has 0 aromatic carbocycles. The van der Waals surface area contributed by atoms with E-state index in [1.54, 1.807) is 0 Å². The van der Waals surface area contributed by atoms with Crippen LogP contribution in [0, 0.1) is 0 Å². The fourth-order valence-electron chi connectivity index (χ4n) is 0.804. The standard InChI is InChI=1S/C6H8F2N2/c1-6(7,8)5-3-4-9-10(5)2/h3-4H,1-2H3. The van der Waals surface area contributed by atoms with E-state index in [9.17, 15) is 8.78 Å². The monoisotopic (exact) mass is 146 g/mol. The minimum Gasteiger partial charge on any atom is -0.267 e. The van der Waals surface area contributed by atoms with Gasteiger partial charge in [0.05, 0.1) is 0 Å². The second kappa shape index (κ2) is 2.04. The van der Waals surface area contributed by atoms with E-state index in [0.717, 1.165) is 6.92 Å². The molecule has 1 rings (SSSR count). The SMILES string of the molecule is Cn1nccc1C(C)(F)F. The van der Waals surface area contributed by atoms with Gasteiger partial charge in [-0.3, -0.25) is 4.68 Å². The largest absolute Gasteiger partial charge is 0.286 e. The van der Waals surface area contributed by atoms with Crippen LogP contribution in [0.15, 0.2) is 12.3 Å². The molecule has 4 heteroatoms. The number of halogens is 2. The van der Waals surface area contributed by atoms with Gasteiger partial charge < -0.3 is 0 Å². The van der Waals surface area contributed by atoms with Crippen molar-refractivity contribution >= 4 is 0 Å². The average molecular weight is 146 g/mol. The molecule has 0 aliphatic carbocycles. The van der Waals surface area contributed by atoms with E-state index in [1.165, 1.54) is 24.0 Å². The van der Waals surface area contributed by atoms with Crippen LogP contribution in [0.2, 0.25) is 0 Å². The molecule has 0 aliphatic rings. The third-order valence-corrected chi connectivity index (χ3v) is 1.27. The van der Waals surface area contributed by atoms with Crippen LogP contribution < -0.4 is 0 Å². The van der Waals surface area contributed by atoms with Gasteiger partial charge in [0, 0.05) is 20.2 Å². The quantitative estimate of drug-likeness (QED) is 0.587. The molecular weight excluding hydrogens is 138 g/mol. The normalized spacial score (nSPS) is 12.0. The number of aryl methyl sites for hydroxylation is 1. The number of alkyl halides is 2. The lowest BCUT2D eigenvalue weighted by molar-refractivity contribution is 0.00883. The molecule has 0 atom stereocenters. The van der Waals surface area contributed by atoms with Crippen LogP contribution in [0.25, 0.3) is 0 Å². The van der Waals surface area contributed by atoms with Crippen molar-refractivity contribution in [1.82, 2.24) is 9.78 Å². The van der Waals surface area contributed by atoms with Gasteiger partial charge in [-0.2, -0.15) is 13.9 Å². The molecule has 0 bridgehead atoms. The smallest absolute Gasteiger partial charge is 0.267 e. The Labute approximate surface area is 57.5 Å². The molecular formula is C6H8F2N2. The van der Waals surface area contributed by atoms with Gasteiger partial charge in [0.2, 0.25) is 0 Å². The fourth-order valence-corrected chi connectivity index (χ4v) is 0.804. The Bertz CT molecular complexity index is 224. The zero-order valence-electron chi connectivity index (χ0n) is 5.81. The molecule has 10 heavy (non-hydrogen) atoms. The van der Waals surface area contributed by atoms with Gasteiger partial charge in [0.15, 0.2) is 0 Å². The van der Waals surface area contributed by atoms with Crippen molar-refractivity contribution < 1.29 is 8.78 Å². The summed E-state index contributed by atoms with van der Waals surface area (Å²) in [6.07, 6.45) is 1.35. The molecule has 0 N–H and O–H groups in total. The molecule has 56 valence electrons. The Balaban J connectivity index is 3.05. The lowest BCUT2D eigenvalue weighted by atomic mass is 10.3. The molecule has 0 amide bonds. The fraction of sp³-hybridized carbons (Fsp3) is 0.500. The van der Waals surface area contributed by atoms with E-state index in [4.69, 9.17) is 0 Å².